The molecule has 1 atom stereocenters. The summed E-state index contributed by atoms with van der Waals surface area (Å²) in [6, 6.07) is 8.40. The summed E-state index contributed by atoms with van der Waals surface area (Å²) in [7, 11) is 0. The molecule has 1 aromatic carbocycles. The fourth-order valence-electron chi connectivity index (χ4n) is 1.74. The molecule has 1 aromatic rings. The average Bonchev–Trinajstić information content (AvgIpc) is 2.34. The van der Waals surface area contributed by atoms with Crippen LogP contribution in [0.2, 0.25) is 5.02 Å². The summed E-state index contributed by atoms with van der Waals surface area (Å²) >= 11 is 5.93. The summed E-state index contributed by atoms with van der Waals surface area (Å²) in [6.45, 7) is 10.3. The van der Waals surface area contributed by atoms with Crippen LogP contribution in [-0.4, -0.2) is 19.2 Å². The van der Waals surface area contributed by atoms with E-state index < -0.39 is 0 Å². The zero-order valence-corrected chi connectivity index (χ0v) is 13.2. The van der Waals surface area contributed by atoms with E-state index in [1.54, 1.807) is 0 Å². The molecular weight excluding hydrogens is 258 g/mol. The van der Waals surface area contributed by atoms with Crippen molar-refractivity contribution in [2.75, 3.05) is 13.2 Å². The zero-order chi connectivity index (χ0) is 14.3. The summed E-state index contributed by atoms with van der Waals surface area (Å²) < 4.78 is 6.02. The van der Waals surface area contributed by atoms with Crippen LogP contribution < -0.4 is 5.32 Å². The second-order valence-electron chi connectivity index (χ2n) is 5.66. The highest BCUT2D eigenvalue weighted by atomic mass is 35.5. The Bertz CT molecular complexity index is 348. The van der Waals surface area contributed by atoms with Gasteiger partial charge in [0.2, 0.25) is 0 Å². The number of ether oxygens (including phenoxy) is 1. The van der Waals surface area contributed by atoms with Crippen LogP contribution in [-0.2, 0) is 4.74 Å². The predicted octanol–water partition coefficient (Wildman–Crippen LogP) is 4.44. The molecule has 0 fully saturated rings. The first kappa shape index (κ1) is 16.5. The first-order valence-electron chi connectivity index (χ1n) is 7.09. The Kier molecular flexibility index (Phi) is 7.44. The maximum absolute atomic E-state index is 6.02. The van der Waals surface area contributed by atoms with Crippen molar-refractivity contribution in [1.29, 1.82) is 0 Å². The molecule has 0 radical (unpaired) electrons. The first-order valence-corrected chi connectivity index (χ1v) is 7.47. The molecule has 1 N–H and O–H groups in total. The quantitative estimate of drug-likeness (QED) is 0.761. The van der Waals surface area contributed by atoms with Crippen LogP contribution in [0.5, 0.6) is 0 Å². The first-order chi connectivity index (χ1) is 8.99. The number of hydrogen-bond donors (Lipinski definition) is 1. The molecule has 0 bridgehead atoms. The van der Waals surface area contributed by atoms with Crippen molar-refractivity contribution in [3.8, 4) is 0 Å². The fourth-order valence-corrected chi connectivity index (χ4v) is 1.87. The van der Waals surface area contributed by atoms with Gasteiger partial charge in [-0.05, 0) is 30.0 Å². The van der Waals surface area contributed by atoms with Crippen molar-refractivity contribution >= 4 is 11.6 Å². The molecule has 1 unspecified atom stereocenters. The van der Waals surface area contributed by atoms with Gasteiger partial charge in [0, 0.05) is 24.2 Å². The molecule has 108 valence electrons. The van der Waals surface area contributed by atoms with Gasteiger partial charge in [-0.15, -0.1) is 0 Å². The van der Waals surface area contributed by atoms with Gasteiger partial charge in [0.05, 0.1) is 6.10 Å². The molecule has 0 aliphatic carbocycles. The number of hydrogen-bond acceptors (Lipinski definition) is 2. The van der Waals surface area contributed by atoms with Crippen LogP contribution in [0.1, 0.15) is 45.8 Å². The van der Waals surface area contributed by atoms with Crippen LogP contribution in [0.15, 0.2) is 24.3 Å². The van der Waals surface area contributed by atoms with E-state index in [4.69, 9.17) is 16.3 Å². The SMILES string of the molecule is CC(C)CCOC(CNC(C)C)c1ccc(Cl)cc1. The minimum Gasteiger partial charge on any atom is -0.372 e. The van der Waals surface area contributed by atoms with Crippen LogP contribution in [0, 0.1) is 5.92 Å². The smallest absolute Gasteiger partial charge is 0.0949 e. The van der Waals surface area contributed by atoms with Crippen LogP contribution >= 0.6 is 11.6 Å². The van der Waals surface area contributed by atoms with Gasteiger partial charge in [0.15, 0.2) is 0 Å². The highest BCUT2D eigenvalue weighted by Crippen LogP contribution is 2.20. The maximum atomic E-state index is 6.02. The third-order valence-electron chi connectivity index (χ3n) is 2.97. The van der Waals surface area contributed by atoms with Crippen molar-refractivity contribution in [1.82, 2.24) is 5.32 Å². The van der Waals surface area contributed by atoms with Gasteiger partial charge in [-0.3, -0.25) is 0 Å². The van der Waals surface area contributed by atoms with Gasteiger partial charge in [0.25, 0.3) is 0 Å². The maximum Gasteiger partial charge on any atom is 0.0949 e. The van der Waals surface area contributed by atoms with Crippen LogP contribution in [0.25, 0.3) is 0 Å². The van der Waals surface area contributed by atoms with E-state index in [-0.39, 0.29) is 6.10 Å². The van der Waals surface area contributed by atoms with Gasteiger partial charge < -0.3 is 10.1 Å². The Labute approximate surface area is 122 Å². The Morgan fingerprint density at radius 2 is 1.74 bits per heavy atom. The van der Waals surface area contributed by atoms with Gasteiger partial charge in [-0.1, -0.05) is 51.4 Å². The average molecular weight is 284 g/mol. The Morgan fingerprint density at radius 3 is 2.26 bits per heavy atom. The zero-order valence-electron chi connectivity index (χ0n) is 12.4. The lowest BCUT2D eigenvalue weighted by Crippen LogP contribution is -2.29. The van der Waals surface area contributed by atoms with E-state index in [0.29, 0.717) is 12.0 Å². The van der Waals surface area contributed by atoms with Crippen molar-refractivity contribution in [3.63, 3.8) is 0 Å². The second kappa shape index (κ2) is 8.57. The lowest BCUT2D eigenvalue weighted by molar-refractivity contribution is 0.0446. The molecule has 0 spiro atoms. The van der Waals surface area contributed by atoms with E-state index in [2.05, 4.69) is 33.0 Å². The lowest BCUT2D eigenvalue weighted by Gasteiger charge is -2.21. The third-order valence-corrected chi connectivity index (χ3v) is 3.22. The molecule has 3 heteroatoms. The van der Waals surface area contributed by atoms with E-state index in [9.17, 15) is 0 Å². The molecule has 0 saturated heterocycles. The highest BCUT2D eigenvalue weighted by Gasteiger charge is 2.12. The molecule has 1 rings (SSSR count). The molecule has 19 heavy (non-hydrogen) atoms. The number of halogens is 1. The van der Waals surface area contributed by atoms with Crippen molar-refractivity contribution in [2.45, 2.75) is 46.3 Å². The third kappa shape index (κ3) is 6.95. The normalized spacial score (nSPS) is 13.2. The van der Waals surface area contributed by atoms with E-state index in [1.807, 2.05) is 24.3 Å². The van der Waals surface area contributed by atoms with E-state index in [0.717, 1.165) is 24.6 Å². The van der Waals surface area contributed by atoms with E-state index in [1.165, 1.54) is 5.56 Å². The molecule has 0 aliphatic heterocycles. The number of nitrogens with one attached hydrogen (secondary N) is 1. The number of rotatable bonds is 8. The molecule has 0 aliphatic rings. The highest BCUT2D eigenvalue weighted by molar-refractivity contribution is 6.30. The summed E-state index contributed by atoms with van der Waals surface area (Å²) in [6.07, 6.45) is 1.18. The van der Waals surface area contributed by atoms with Gasteiger partial charge in [-0.2, -0.15) is 0 Å². The predicted molar refractivity (Wildman–Crippen MR) is 82.7 cm³/mol. The number of benzene rings is 1. The van der Waals surface area contributed by atoms with E-state index >= 15 is 0 Å². The summed E-state index contributed by atoms with van der Waals surface area (Å²) in [5.74, 6) is 0.670. The van der Waals surface area contributed by atoms with Gasteiger partial charge in [-0.25, -0.2) is 0 Å². The van der Waals surface area contributed by atoms with Crippen molar-refractivity contribution < 1.29 is 4.74 Å². The summed E-state index contributed by atoms with van der Waals surface area (Å²) in [5.41, 5.74) is 1.18. The summed E-state index contributed by atoms with van der Waals surface area (Å²) in [5, 5.41) is 4.20. The standard InChI is InChI=1S/C16H26ClNO/c1-12(2)9-10-19-16(11-18-13(3)4)14-5-7-15(17)8-6-14/h5-8,12-13,16,18H,9-11H2,1-4H3. The van der Waals surface area contributed by atoms with Crippen molar-refractivity contribution in [3.05, 3.63) is 34.9 Å². The second-order valence-corrected chi connectivity index (χ2v) is 6.09. The Hall–Kier alpha value is -0.570. The molecule has 0 heterocycles. The minimum atomic E-state index is 0.0958. The fraction of sp³-hybridized carbons (Fsp3) is 0.625. The lowest BCUT2D eigenvalue weighted by atomic mass is 10.1. The molecule has 2 nitrogen and oxygen atoms in total. The minimum absolute atomic E-state index is 0.0958. The molecule has 0 aromatic heterocycles. The van der Waals surface area contributed by atoms with Gasteiger partial charge >= 0.3 is 0 Å². The monoisotopic (exact) mass is 283 g/mol. The van der Waals surface area contributed by atoms with Crippen molar-refractivity contribution in [2.24, 2.45) is 5.92 Å². The topological polar surface area (TPSA) is 21.3 Å². The molecule has 0 amide bonds. The van der Waals surface area contributed by atoms with Gasteiger partial charge in [0.1, 0.15) is 0 Å². The summed E-state index contributed by atoms with van der Waals surface area (Å²) in [4.78, 5) is 0. The Morgan fingerprint density at radius 1 is 1.11 bits per heavy atom. The Balaban J connectivity index is 2.59. The molecular formula is C16H26ClNO. The largest absolute Gasteiger partial charge is 0.372 e. The van der Waals surface area contributed by atoms with Crippen LogP contribution in [0.3, 0.4) is 0 Å². The molecule has 0 saturated carbocycles. The van der Waals surface area contributed by atoms with Crippen LogP contribution in [0.4, 0.5) is 0 Å².